The minimum absolute atomic E-state index is 0.167. The maximum absolute atomic E-state index is 11.9. The number of rotatable bonds is 6. The molecule has 0 radical (unpaired) electrons. The third-order valence-electron chi connectivity index (χ3n) is 3.25. The molecule has 0 saturated carbocycles. The molecule has 1 atom stereocenters. The fourth-order valence-corrected chi connectivity index (χ4v) is 1.92. The molecule has 0 saturated heterocycles. The van der Waals surface area contributed by atoms with Crippen LogP contribution in [0.4, 0.5) is 0 Å². The van der Waals surface area contributed by atoms with E-state index in [4.69, 9.17) is 9.15 Å². The molecule has 1 aromatic heterocycles. The summed E-state index contributed by atoms with van der Waals surface area (Å²) in [5.74, 6) is 1.73. The lowest BCUT2D eigenvalue weighted by atomic mass is 10.0. The average Bonchev–Trinajstić information content (AvgIpc) is 2.98. The third-order valence-corrected chi connectivity index (χ3v) is 3.25. The Hall–Kier alpha value is -2.23. The van der Waals surface area contributed by atoms with E-state index < -0.39 is 6.10 Å². The van der Waals surface area contributed by atoms with Crippen LogP contribution in [0.5, 0.6) is 5.75 Å². The van der Waals surface area contributed by atoms with Crippen molar-refractivity contribution in [3.8, 4) is 5.75 Å². The Morgan fingerprint density at radius 2 is 1.90 bits per heavy atom. The first-order valence-corrected chi connectivity index (χ1v) is 7.13. The number of benzene rings is 1. The standard InChI is InChI=1S/C17H21NO3/c1-12(2)14-6-8-15(9-7-14)21-13(3)17(19)18-11-16-5-4-10-20-16/h4-10,12-13H,11H2,1-3H3,(H,18,19)/t13-/m0/s1. The van der Waals surface area contributed by atoms with Gasteiger partial charge in [-0.3, -0.25) is 4.79 Å². The first kappa shape index (κ1) is 15.2. The second-order valence-electron chi connectivity index (χ2n) is 5.28. The quantitative estimate of drug-likeness (QED) is 0.885. The monoisotopic (exact) mass is 287 g/mol. The van der Waals surface area contributed by atoms with Crippen LogP contribution in [0.2, 0.25) is 0 Å². The van der Waals surface area contributed by atoms with Crippen molar-refractivity contribution in [1.82, 2.24) is 5.32 Å². The fourth-order valence-electron chi connectivity index (χ4n) is 1.92. The molecule has 4 nitrogen and oxygen atoms in total. The number of nitrogens with one attached hydrogen (secondary N) is 1. The van der Waals surface area contributed by atoms with Crippen LogP contribution in [0.25, 0.3) is 0 Å². The summed E-state index contributed by atoms with van der Waals surface area (Å²) in [6.45, 7) is 6.38. The van der Waals surface area contributed by atoms with Gasteiger partial charge in [0.05, 0.1) is 12.8 Å². The molecule has 0 fully saturated rings. The van der Waals surface area contributed by atoms with Crippen molar-refractivity contribution >= 4 is 5.91 Å². The van der Waals surface area contributed by atoms with Crippen molar-refractivity contribution in [3.05, 3.63) is 54.0 Å². The smallest absolute Gasteiger partial charge is 0.261 e. The first-order chi connectivity index (χ1) is 10.1. The van der Waals surface area contributed by atoms with Gasteiger partial charge in [0.1, 0.15) is 11.5 Å². The highest BCUT2D eigenvalue weighted by Crippen LogP contribution is 2.19. The molecule has 1 aromatic carbocycles. The summed E-state index contributed by atoms with van der Waals surface area (Å²) in [6.07, 6.45) is 1.03. The summed E-state index contributed by atoms with van der Waals surface area (Å²) < 4.78 is 10.8. The van der Waals surface area contributed by atoms with E-state index in [0.29, 0.717) is 18.2 Å². The van der Waals surface area contributed by atoms with Crippen LogP contribution < -0.4 is 10.1 Å². The van der Waals surface area contributed by atoms with E-state index in [0.717, 1.165) is 5.76 Å². The summed E-state index contributed by atoms with van der Waals surface area (Å²) in [5, 5.41) is 2.78. The molecule has 0 aliphatic heterocycles. The van der Waals surface area contributed by atoms with Crippen LogP contribution in [0, 0.1) is 0 Å². The van der Waals surface area contributed by atoms with Gasteiger partial charge >= 0.3 is 0 Å². The van der Waals surface area contributed by atoms with Crippen molar-refractivity contribution < 1.29 is 13.9 Å². The van der Waals surface area contributed by atoms with Gasteiger partial charge in [-0.1, -0.05) is 26.0 Å². The lowest BCUT2D eigenvalue weighted by molar-refractivity contribution is -0.127. The Morgan fingerprint density at radius 3 is 2.48 bits per heavy atom. The van der Waals surface area contributed by atoms with E-state index in [2.05, 4.69) is 19.2 Å². The number of carbonyl (C=O) groups is 1. The highest BCUT2D eigenvalue weighted by Gasteiger charge is 2.14. The Balaban J connectivity index is 1.85. The van der Waals surface area contributed by atoms with Gasteiger partial charge in [-0.15, -0.1) is 0 Å². The first-order valence-electron chi connectivity index (χ1n) is 7.13. The molecule has 0 spiro atoms. The largest absolute Gasteiger partial charge is 0.481 e. The Labute approximate surface area is 125 Å². The summed E-state index contributed by atoms with van der Waals surface area (Å²) in [7, 11) is 0. The van der Waals surface area contributed by atoms with Crippen molar-refractivity contribution in [2.75, 3.05) is 0 Å². The summed E-state index contributed by atoms with van der Waals surface area (Å²) >= 11 is 0. The number of amides is 1. The van der Waals surface area contributed by atoms with E-state index in [1.807, 2.05) is 30.3 Å². The number of carbonyl (C=O) groups excluding carboxylic acids is 1. The molecular formula is C17H21NO3. The highest BCUT2D eigenvalue weighted by atomic mass is 16.5. The van der Waals surface area contributed by atoms with Crippen LogP contribution in [-0.2, 0) is 11.3 Å². The maximum atomic E-state index is 11.9. The van der Waals surface area contributed by atoms with Crippen LogP contribution in [0.3, 0.4) is 0 Å². The van der Waals surface area contributed by atoms with Crippen LogP contribution in [0.15, 0.2) is 47.1 Å². The number of furan rings is 1. The minimum atomic E-state index is -0.551. The Morgan fingerprint density at radius 1 is 1.19 bits per heavy atom. The Bertz CT molecular complexity index is 558. The lowest BCUT2D eigenvalue weighted by Gasteiger charge is -2.15. The zero-order valence-electron chi connectivity index (χ0n) is 12.6. The summed E-state index contributed by atoms with van der Waals surface area (Å²) in [5.41, 5.74) is 1.25. The van der Waals surface area contributed by atoms with E-state index in [-0.39, 0.29) is 5.91 Å². The zero-order valence-corrected chi connectivity index (χ0v) is 12.6. The zero-order chi connectivity index (χ0) is 15.2. The third kappa shape index (κ3) is 4.38. The SMILES string of the molecule is CC(C)c1ccc(O[C@@H](C)C(=O)NCc2ccco2)cc1. The van der Waals surface area contributed by atoms with Crippen LogP contribution >= 0.6 is 0 Å². The molecule has 0 unspecified atom stereocenters. The Kier molecular flexibility index (Phi) is 5.04. The topological polar surface area (TPSA) is 51.5 Å². The summed E-state index contributed by atoms with van der Waals surface area (Å²) in [4.78, 5) is 11.9. The van der Waals surface area contributed by atoms with Gasteiger partial charge < -0.3 is 14.5 Å². The van der Waals surface area contributed by atoms with Gasteiger partial charge in [-0.25, -0.2) is 0 Å². The summed E-state index contributed by atoms with van der Waals surface area (Å²) in [6, 6.07) is 11.4. The van der Waals surface area contributed by atoms with Gasteiger partial charge in [-0.2, -0.15) is 0 Å². The molecule has 1 N–H and O–H groups in total. The number of hydrogen-bond donors (Lipinski definition) is 1. The molecule has 1 amide bonds. The second-order valence-corrected chi connectivity index (χ2v) is 5.28. The molecule has 0 bridgehead atoms. The molecule has 112 valence electrons. The van der Waals surface area contributed by atoms with E-state index in [1.54, 1.807) is 19.3 Å². The molecular weight excluding hydrogens is 266 g/mol. The van der Waals surface area contributed by atoms with Gasteiger partial charge in [0, 0.05) is 0 Å². The van der Waals surface area contributed by atoms with Crippen molar-refractivity contribution in [1.29, 1.82) is 0 Å². The fraction of sp³-hybridized carbons (Fsp3) is 0.353. The van der Waals surface area contributed by atoms with E-state index >= 15 is 0 Å². The number of ether oxygens (including phenoxy) is 1. The highest BCUT2D eigenvalue weighted by molar-refractivity contribution is 5.80. The molecule has 2 rings (SSSR count). The lowest BCUT2D eigenvalue weighted by Crippen LogP contribution is -2.35. The van der Waals surface area contributed by atoms with Gasteiger partial charge in [-0.05, 0) is 42.7 Å². The molecule has 0 aliphatic carbocycles. The molecule has 21 heavy (non-hydrogen) atoms. The minimum Gasteiger partial charge on any atom is -0.481 e. The molecule has 1 heterocycles. The molecule has 0 aliphatic rings. The predicted octanol–water partition coefficient (Wildman–Crippen LogP) is 3.49. The van der Waals surface area contributed by atoms with Gasteiger partial charge in [0.2, 0.25) is 0 Å². The van der Waals surface area contributed by atoms with Crippen molar-refractivity contribution in [2.24, 2.45) is 0 Å². The van der Waals surface area contributed by atoms with E-state index in [1.165, 1.54) is 5.56 Å². The van der Waals surface area contributed by atoms with Crippen LogP contribution in [0.1, 0.15) is 38.0 Å². The van der Waals surface area contributed by atoms with Crippen molar-refractivity contribution in [3.63, 3.8) is 0 Å². The predicted molar refractivity (Wildman–Crippen MR) is 81.2 cm³/mol. The second kappa shape index (κ2) is 6.97. The average molecular weight is 287 g/mol. The molecule has 2 aromatic rings. The van der Waals surface area contributed by atoms with Crippen LogP contribution in [-0.4, -0.2) is 12.0 Å². The van der Waals surface area contributed by atoms with Crippen molar-refractivity contribution in [2.45, 2.75) is 39.3 Å². The molecule has 4 heteroatoms. The normalized spacial score (nSPS) is 12.2. The maximum Gasteiger partial charge on any atom is 0.261 e. The van der Waals surface area contributed by atoms with Gasteiger partial charge in [0.15, 0.2) is 6.10 Å². The number of hydrogen-bond acceptors (Lipinski definition) is 3. The van der Waals surface area contributed by atoms with Gasteiger partial charge in [0.25, 0.3) is 5.91 Å². The van der Waals surface area contributed by atoms with E-state index in [9.17, 15) is 4.79 Å².